The first-order valence-corrected chi connectivity index (χ1v) is 4.53. The second-order valence-electron chi connectivity index (χ2n) is 2.72. The van der Waals surface area contributed by atoms with E-state index in [1.54, 1.807) is 6.20 Å². The summed E-state index contributed by atoms with van der Waals surface area (Å²) in [4.78, 5) is 3.85. The van der Waals surface area contributed by atoms with E-state index < -0.39 is 0 Å². The zero-order valence-electron chi connectivity index (χ0n) is 6.50. The Bertz CT molecular complexity index is 260. The van der Waals surface area contributed by atoms with Gasteiger partial charge < -0.3 is 5.11 Å². The van der Waals surface area contributed by atoms with E-state index in [4.69, 9.17) is 0 Å². The van der Waals surface area contributed by atoms with Crippen LogP contribution in [0.15, 0.2) is 12.3 Å². The number of hydrogen-bond donors (Lipinski definition) is 1. The molecule has 0 unspecified atom stereocenters. The molecule has 0 bridgehead atoms. The highest BCUT2D eigenvalue weighted by Gasteiger charge is 2.06. The molecular weight excluding hydrogens is 253 g/mol. The maximum atomic E-state index is 9.29. The van der Waals surface area contributed by atoms with E-state index >= 15 is 0 Å². The van der Waals surface area contributed by atoms with Gasteiger partial charge in [0, 0.05) is 15.3 Å². The van der Waals surface area contributed by atoms with Crippen molar-refractivity contribution >= 4 is 22.6 Å². The molecule has 0 radical (unpaired) electrons. The van der Waals surface area contributed by atoms with Crippen molar-refractivity contribution in [1.29, 1.82) is 0 Å². The molecule has 0 atom stereocenters. The van der Waals surface area contributed by atoms with Crippen LogP contribution < -0.4 is 0 Å². The van der Waals surface area contributed by atoms with Gasteiger partial charge in [0.15, 0.2) is 0 Å². The van der Waals surface area contributed by atoms with Crippen molar-refractivity contribution in [2.45, 2.75) is 19.8 Å². The SMILES string of the molecule is CC(C)c1cc(I)cnc1O. The number of nitrogens with zero attached hydrogens (tertiary/aromatic N) is 1. The Balaban J connectivity index is 3.13. The van der Waals surface area contributed by atoms with E-state index in [0.29, 0.717) is 5.92 Å². The maximum absolute atomic E-state index is 9.29. The quantitative estimate of drug-likeness (QED) is 0.790. The molecule has 3 heteroatoms. The number of pyridine rings is 1. The van der Waals surface area contributed by atoms with E-state index in [9.17, 15) is 5.11 Å². The minimum absolute atomic E-state index is 0.153. The van der Waals surface area contributed by atoms with Gasteiger partial charge in [-0.25, -0.2) is 4.98 Å². The fourth-order valence-electron chi connectivity index (χ4n) is 0.873. The lowest BCUT2D eigenvalue weighted by Gasteiger charge is -2.06. The van der Waals surface area contributed by atoms with Gasteiger partial charge in [0.05, 0.1) is 0 Å². The van der Waals surface area contributed by atoms with Gasteiger partial charge in [0.25, 0.3) is 0 Å². The summed E-state index contributed by atoms with van der Waals surface area (Å²) in [6.45, 7) is 4.07. The van der Waals surface area contributed by atoms with Crippen LogP contribution in [0.3, 0.4) is 0 Å². The van der Waals surface area contributed by atoms with Crippen molar-refractivity contribution < 1.29 is 5.11 Å². The molecule has 1 aromatic heterocycles. The third-order valence-corrected chi connectivity index (χ3v) is 2.07. The largest absolute Gasteiger partial charge is 0.493 e. The monoisotopic (exact) mass is 263 g/mol. The van der Waals surface area contributed by atoms with Gasteiger partial charge in [0.2, 0.25) is 5.88 Å². The summed E-state index contributed by atoms with van der Waals surface area (Å²) in [5.74, 6) is 0.484. The van der Waals surface area contributed by atoms with Crippen molar-refractivity contribution in [3.05, 3.63) is 21.4 Å². The van der Waals surface area contributed by atoms with E-state index in [2.05, 4.69) is 27.6 Å². The number of aromatic nitrogens is 1. The highest BCUT2D eigenvalue weighted by atomic mass is 127. The molecule has 1 aromatic rings. The Morgan fingerprint density at radius 3 is 2.64 bits per heavy atom. The van der Waals surface area contributed by atoms with Crippen molar-refractivity contribution in [3.63, 3.8) is 0 Å². The summed E-state index contributed by atoms with van der Waals surface area (Å²) in [5, 5.41) is 9.29. The Morgan fingerprint density at radius 1 is 1.55 bits per heavy atom. The van der Waals surface area contributed by atoms with Crippen LogP contribution in [-0.2, 0) is 0 Å². The summed E-state index contributed by atoms with van der Waals surface area (Å²) < 4.78 is 1.06. The first-order valence-electron chi connectivity index (χ1n) is 3.45. The van der Waals surface area contributed by atoms with E-state index in [0.717, 1.165) is 9.13 Å². The molecule has 0 aliphatic carbocycles. The third kappa shape index (κ3) is 2.05. The van der Waals surface area contributed by atoms with Crippen molar-refractivity contribution in [1.82, 2.24) is 4.98 Å². The molecule has 0 aliphatic rings. The van der Waals surface area contributed by atoms with Crippen LogP contribution in [0.25, 0.3) is 0 Å². The molecule has 0 spiro atoms. The van der Waals surface area contributed by atoms with Crippen LogP contribution in [0.5, 0.6) is 5.88 Å². The van der Waals surface area contributed by atoms with Crippen LogP contribution >= 0.6 is 22.6 Å². The molecule has 1 N–H and O–H groups in total. The number of aromatic hydroxyl groups is 1. The van der Waals surface area contributed by atoms with Gasteiger partial charge in [0.1, 0.15) is 0 Å². The summed E-state index contributed by atoms with van der Waals surface area (Å²) in [6.07, 6.45) is 1.65. The predicted molar refractivity (Wildman–Crippen MR) is 52.7 cm³/mol. The van der Waals surface area contributed by atoms with Crippen LogP contribution in [0, 0.1) is 3.57 Å². The molecule has 0 aliphatic heterocycles. The minimum atomic E-state index is 0.153. The average Bonchev–Trinajstić information content (AvgIpc) is 1.94. The molecule has 1 heterocycles. The fraction of sp³-hybridized carbons (Fsp3) is 0.375. The van der Waals surface area contributed by atoms with Crippen LogP contribution in [-0.4, -0.2) is 10.1 Å². The molecule has 1 rings (SSSR count). The summed E-state index contributed by atoms with van der Waals surface area (Å²) in [7, 11) is 0. The number of rotatable bonds is 1. The van der Waals surface area contributed by atoms with Gasteiger partial charge in [-0.1, -0.05) is 13.8 Å². The summed E-state index contributed by atoms with van der Waals surface area (Å²) in [5.41, 5.74) is 0.914. The molecule has 0 aromatic carbocycles. The van der Waals surface area contributed by atoms with Crippen LogP contribution in [0.4, 0.5) is 0 Å². The summed E-state index contributed by atoms with van der Waals surface area (Å²) in [6, 6.07) is 1.95. The highest BCUT2D eigenvalue weighted by Crippen LogP contribution is 2.23. The fourth-order valence-corrected chi connectivity index (χ4v) is 1.35. The van der Waals surface area contributed by atoms with Crippen LogP contribution in [0.2, 0.25) is 0 Å². The molecular formula is C8H10INO. The first kappa shape index (κ1) is 8.77. The zero-order valence-corrected chi connectivity index (χ0v) is 8.66. The van der Waals surface area contributed by atoms with Gasteiger partial charge in [-0.3, -0.25) is 0 Å². The Hall–Kier alpha value is -0.320. The van der Waals surface area contributed by atoms with E-state index in [1.807, 2.05) is 19.9 Å². The second kappa shape index (κ2) is 3.38. The molecule has 0 saturated carbocycles. The lowest BCUT2D eigenvalue weighted by atomic mass is 10.1. The predicted octanol–water partition coefficient (Wildman–Crippen LogP) is 2.52. The normalized spacial score (nSPS) is 10.5. The van der Waals surface area contributed by atoms with E-state index in [1.165, 1.54) is 0 Å². The third-order valence-electron chi connectivity index (χ3n) is 1.48. The smallest absolute Gasteiger partial charge is 0.214 e. The lowest BCUT2D eigenvalue weighted by Crippen LogP contribution is -1.91. The number of hydrogen-bond acceptors (Lipinski definition) is 2. The maximum Gasteiger partial charge on any atom is 0.214 e. The van der Waals surface area contributed by atoms with Crippen molar-refractivity contribution in [3.8, 4) is 5.88 Å². The molecule has 0 saturated heterocycles. The van der Waals surface area contributed by atoms with Crippen molar-refractivity contribution in [2.75, 3.05) is 0 Å². The summed E-state index contributed by atoms with van der Waals surface area (Å²) >= 11 is 2.18. The van der Waals surface area contributed by atoms with Gasteiger partial charge in [-0.2, -0.15) is 0 Å². The molecule has 0 fully saturated rings. The van der Waals surface area contributed by atoms with Gasteiger partial charge >= 0.3 is 0 Å². The zero-order chi connectivity index (χ0) is 8.43. The second-order valence-corrected chi connectivity index (χ2v) is 3.97. The molecule has 2 nitrogen and oxygen atoms in total. The molecule has 60 valence electrons. The standard InChI is InChI=1S/C8H10INO/c1-5(2)7-3-6(9)4-10-8(7)11/h3-5H,1-2H3,(H,10,11). The molecule has 11 heavy (non-hydrogen) atoms. The van der Waals surface area contributed by atoms with Crippen LogP contribution in [0.1, 0.15) is 25.3 Å². The Labute approximate surface area is 79.8 Å². The Kier molecular flexibility index (Phi) is 2.70. The first-order chi connectivity index (χ1) is 5.11. The van der Waals surface area contributed by atoms with Crippen molar-refractivity contribution in [2.24, 2.45) is 0 Å². The molecule has 0 amide bonds. The van der Waals surface area contributed by atoms with E-state index in [-0.39, 0.29) is 5.88 Å². The van der Waals surface area contributed by atoms with Gasteiger partial charge in [-0.05, 0) is 34.6 Å². The Morgan fingerprint density at radius 2 is 2.18 bits per heavy atom. The van der Waals surface area contributed by atoms with Gasteiger partial charge in [-0.15, -0.1) is 0 Å². The minimum Gasteiger partial charge on any atom is -0.493 e. The topological polar surface area (TPSA) is 33.1 Å². The highest BCUT2D eigenvalue weighted by molar-refractivity contribution is 14.1. The number of halogens is 1. The lowest BCUT2D eigenvalue weighted by molar-refractivity contribution is 0.442. The average molecular weight is 263 g/mol.